The molecule has 0 spiro atoms. The molecule has 0 radical (unpaired) electrons. The van der Waals surface area contributed by atoms with E-state index in [2.05, 4.69) is 0 Å². The molecule has 0 aromatic heterocycles. The number of amides is 2. The third kappa shape index (κ3) is 0.882. The zero-order chi connectivity index (χ0) is 10.5. The molecule has 1 aliphatic rings. The van der Waals surface area contributed by atoms with Crippen molar-refractivity contribution in [3.8, 4) is 0 Å². The highest BCUT2D eigenvalue weighted by atomic mass is 19.1. The largest absolute Gasteiger partial charge is 0.288 e. The topological polar surface area (TPSA) is 57.6 Å². The van der Waals surface area contributed by atoms with Gasteiger partial charge in [0.1, 0.15) is 11.6 Å². The highest BCUT2D eigenvalue weighted by Gasteiger charge is 2.39. The van der Waals surface area contributed by atoms with Gasteiger partial charge in [0.15, 0.2) is 0 Å². The number of hydrogen-bond donors (Lipinski definition) is 1. The van der Waals surface area contributed by atoms with Crippen LogP contribution < -0.4 is 0 Å². The highest BCUT2D eigenvalue weighted by molar-refractivity contribution is 6.20. The summed E-state index contributed by atoms with van der Waals surface area (Å²) in [6.07, 6.45) is 0. The third-order valence-corrected chi connectivity index (χ3v) is 1.92. The van der Waals surface area contributed by atoms with E-state index in [4.69, 9.17) is 5.21 Å². The number of hydroxylamine groups is 2. The molecular weight excluding hydrogens is 196 g/mol. The quantitative estimate of drug-likeness (QED) is 0.499. The maximum atomic E-state index is 13.0. The van der Waals surface area contributed by atoms with Crippen molar-refractivity contribution < 1.29 is 23.6 Å². The lowest BCUT2D eigenvalue weighted by molar-refractivity contribution is -0.0329. The van der Waals surface area contributed by atoms with Gasteiger partial charge >= 0.3 is 0 Å². The Labute approximate surface area is 76.3 Å². The van der Waals surface area contributed by atoms with Gasteiger partial charge in [-0.2, -0.15) is 0 Å². The average Bonchev–Trinajstić information content (AvgIpc) is 2.38. The molecule has 1 heterocycles. The normalized spacial score (nSPS) is 14.9. The second-order valence-electron chi connectivity index (χ2n) is 2.70. The summed E-state index contributed by atoms with van der Waals surface area (Å²) in [6.45, 7) is 0. The van der Waals surface area contributed by atoms with E-state index >= 15 is 0 Å². The molecule has 6 heteroatoms. The summed E-state index contributed by atoms with van der Waals surface area (Å²) in [5.74, 6) is -4.56. The zero-order valence-electron chi connectivity index (χ0n) is 6.62. The second-order valence-corrected chi connectivity index (χ2v) is 2.70. The molecule has 1 aliphatic heterocycles. The van der Waals surface area contributed by atoms with Gasteiger partial charge in [-0.1, -0.05) is 0 Å². The van der Waals surface area contributed by atoms with E-state index in [0.29, 0.717) is 0 Å². The first-order valence-electron chi connectivity index (χ1n) is 3.59. The molecular formula is C8H3F2NO3. The van der Waals surface area contributed by atoms with Crippen LogP contribution in [0.25, 0.3) is 0 Å². The minimum absolute atomic E-state index is 0.309. The molecule has 4 nitrogen and oxygen atoms in total. The number of rotatable bonds is 0. The molecule has 0 saturated heterocycles. The van der Waals surface area contributed by atoms with E-state index in [1.807, 2.05) is 0 Å². The lowest BCUT2D eigenvalue weighted by Gasteiger charge is -1.99. The molecule has 2 amide bonds. The van der Waals surface area contributed by atoms with Crippen molar-refractivity contribution in [2.45, 2.75) is 0 Å². The van der Waals surface area contributed by atoms with Gasteiger partial charge < -0.3 is 0 Å². The predicted molar refractivity (Wildman–Crippen MR) is 38.6 cm³/mol. The van der Waals surface area contributed by atoms with E-state index < -0.39 is 34.6 Å². The first kappa shape index (κ1) is 8.76. The van der Waals surface area contributed by atoms with Gasteiger partial charge in [0.05, 0.1) is 11.1 Å². The minimum atomic E-state index is -1.25. The molecule has 72 valence electrons. The Hall–Kier alpha value is -1.82. The van der Waals surface area contributed by atoms with Gasteiger partial charge in [0, 0.05) is 0 Å². The van der Waals surface area contributed by atoms with Crippen molar-refractivity contribution in [2.24, 2.45) is 0 Å². The maximum Gasteiger partial charge on any atom is 0.288 e. The third-order valence-electron chi connectivity index (χ3n) is 1.92. The summed E-state index contributed by atoms with van der Waals surface area (Å²) in [5, 5.41) is 8.53. The van der Waals surface area contributed by atoms with Crippen LogP contribution in [0.15, 0.2) is 12.1 Å². The lowest BCUT2D eigenvalue weighted by Crippen LogP contribution is -2.25. The van der Waals surface area contributed by atoms with Crippen LogP contribution in [-0.4, -0.2) is 22.1 Å². The Balaban J connectivity index is 2.80. The lowest BCUT2D eigenvalue weighted by atomic mass is 10.1. The van der Waals surface area contributed by atoms with Crippen molar-refractivity contribution in [1.82, 2.24) is 5.06 Å². The Morgan fingerprint density at radius 1 is 1.00 bits per heavy atom. The number of carbonyl (C=O) groups excluding carboxylic acids is 2. The van der Waals surface area contributed by atoms with Gasteiger partial charge in [-0.15, -0.1) is 5.06 Å². The van der Waals surface area contributed by atoms with Crippen LogP contribution in [0, 0.1) is 11.6 Å². The average molecular weight is 199 g/mol. The number of hydrogen-bond acceptors (Lipinski definition) is 3. The SMILES string of the molecule is O=C1c2c(F)ccc(F)c2C(=O)N1O. The molecule has 2 rings (SSSR count). The monoisotopic (exact) mass is 199 g/mol. The summed E-state index contributed by atoms with van der Waals surface area (Å²) in [7, 11) is 0. The standard InChI is InChI=1S/C8H3F2NO3/c9-3-1-2-4(10)6-5(3)7(12)11(14)8(6)13/h1-2,14H. The van der Waals surface area contributed by atoms with Crippen molar-refractivity contribution >= 4 is 11.8 Å². The van der Waals surface area contributed by atoms with Gasteiger partial charge in [0.2, 0.25) is 0 Å². The molecule has 0 unspecified atom stereocenters. The molecule has 1 aromatic carbocycles. The number of carbonyl (C=O) groups is 2. The van der Waals surface area contributed by atoms with Gasteiger partial charge in [-0.05, 0) is 12.1 Å². The van der Waals surface area contributed by atoms with Gasteiger partial charge in [0.25, 0.3) is 11.8 Å². The molecule has 0 saturated carbocycles. The van der Waals surface area contributed by atoms with Gasteiger partial charge in [-0.25, -0.2) is 8.78 Å². The Morgan fingerprint density at radius 3 is 1.71 bits per heavy atom. The first-order valence-corrected chi connectivity index (χ1v) is 3.59. The summed E-state index contributed by atoms with van der Waals surface area (Å²) in [5.41, 5.74) is -1.45. The van der Waals surface area contributed by atoms with Crippen molar-refractivity contribution in [3.63, 3.8) is 0 Å². The van der Waals surface area contributed by atoms with Crippen molar-refractivity contribution in [1.29, 1.82) is 0 Å². The van der Waals surface area contributed by atoms with Gasteiger partial charge in [-0.3, -0.25) is 14.8 Å². The van der Waals surface area contributed by atoms with Crippen LogP contribution in [0.4, 0.5) is 8.78 Å². The van der Waals surface area contributed by atoms with Crippen LogP contribution in [0.2, 0.25) is 0 Å². The predicted octanol–water partition coefficient (Wildman–Crippen LogP) is 0.950. The molecule has 0 fully saturated rings. The summed E-state index contributed by atoms with van der Waals surface area (Å²) in [4.78, 5) is 22.1. The van der Waals surface area contributed by atoms with Crippen LogP contribution in [0.3, 0.4) is 0 Å². The van der Waals surface area contributed by atoms with E-state index in [0.717, 1.165) is 12.1 Å². The van der Waals surface area contributed by atoms with Crippen LogP contribution in [-0.2, 0) is 0 Å². The maximum absolute atomic E-state index is 13.0. The van der Waals surface area contributed by atoms with Crippen LogP contribution in [0.1, 0.15) is 20.7 Å². The Kier molecular flexibility index (Phi) is 1.62. The minimum Gasteiger partial charge on any atom is -0.278 e. The molecule has 1 N–H and O–H groups in total. The number of benzene rings is 1. The fourth-order valence-corrected chi connectivity index (χ4v) is 1.27. The second kappa shape index (κ2) is 2.58. The van der Waals surface area contributed by atoms with Crippen LogP contribution >= 0.6 is 0 Å². The van der Waals surface area contributed by atoms with Crippen LogP contribution in [0.5, 0.6) is 0 Å². The van der Waals surface area contributed by atoms with E-state index in [1.165, 1.54) is 0 Å². The number of nitrogens with zero attached hydrogens (tertiary/aromatic N) is 1. The molecule has 14 heavy (non-hydrogen) atoms. The van der Waals surface area contributed by atoms with E-state index in [-0.39, 0.29) is 5.06 Å². The fraction of sp³-hybridized carbons (Fsp3) is 0. The molecule has 1 aromatic rings. The van der Waals surface area contributed by atoms with Crippen molar-refractivity contribution in [2.75, 3.05) is 0 Å². The molecule has 0 bridgehead atoms. The fourth-order valence-electron chi connectivity index (χ4n) is 1.27. The number of imide groups is 1. The zero-order valence-corrected chi connectivity index (χ0v) is 6.62. The first-order chi connectivity index (χ1) is 6.54. The summed E-state index contributed by atoms with van der Waals surface area (Å²) in [6, 6.07) is 1.44. The summed E-state index contributed by atoms with van der Waals surface area (Å²) >= 11 is 0. The smallest absolute Gasteiger partial charge is 0.278 e. The molecule has 0 atom stereocenters. The summed E-state index contributed by atoms with van der Waals surface area (Å²) < 4.78 is 26.0. The number of halogens is 2. The number of fused-ring (bicyclic) bond motifs is 1. The van der Waals surface area contributed by atoms with Crippen molar-refractivity contribution in [3.05, 3.63) is 34.9 Å². The van der Waals surface area contributed by atoms with E-state index in [9.17, 15) is 18.4 Å². The Bertz CT molecular complexity index is 417. The molecule has 0 aliphatic carbocycles. The highest BCUT2D eigenvalue weighted by Crippen LogP contribution is 2.26. The van der Waals surface area contributed by atoms with E-state index in [1.54, 1.807) is 0 Å². The Morgan fingerprint density at radius 2 is 1.36 bits per heavy atom.